The molecule has 2 rings (SSSR count). The molecule has 6 heteroatoms. The molecule has 0 radical (unpaired) electrons. The molecule has 0 N–H and O–H groups in total. The van der Waals surface area contributed by atoms with Crippen LogP contribution in [0.1, 0.15) is 0 Å². The molecule has 0 unspecified atom stereocenters. The number of rotatable bonds is 1. The van der Waals surface area contributed by atoms with Crippen LogP contribution in [-0.2, 0) is 9.59 Å². The quantitative estimate of drug-likeness (QED) is 0.758. The molecular weight excluding hydrogens is 242 g/mol. The first-order chi connectivity index (χ1) is 8.56. The molecule has 0 aromatic heterocycles. The molecule has 1 atom stereocenters. The molecule has 0 bridgehead atoms. The summed E-state index contributed by atoms with van der Waals surface area (Å²) in [5, 5.41) is 0. The number of para-hydroxylation sites is 2. The predicted molar refractivity (Wildman–Crippen MR) is 63.1 cm³/mol. The molecule has 0 saturated heterocycles. The summed E-state index contributed by atoms with van der Waals surface area (Å²) in [5.41, 5.74) is 0.737. The zero-order valence-electron chi connectivity index (χ0n) is 9.77. The molecule has 1 aromatic rings. The zero-order valence-corrected chi connectivity index (χ0v) is 9.77. The molecule has 1 aliphatic rings. The van der Waals surface area contributed by atoms with Crippen LogP contribution in [0.4, 0.5) is 20.2 Å². The highest BCUT2D eigenvalue weighted by atomic mass is 19.1. The van der Waals surface area contributed by atoms with Crippen molar-refractivity contribution in [3.05, 3.63) is 24.3 Å². The van der Waals surface area contributed by atoms with E-state index in [1.54, 1.807) is 24.3 Å². The van der Waals surface area contributed by atoms with E-state index in [2.05, 4.69) is 0 Å². The Labute approximate surface area is 103 Å². The van der Waals surface area contributed by atoms with Crippen molar-refractivity contribution in [3.8, 4) is 0 Å². The van der Waals surface area contributed by atoms with Crippen molar-refractivity contribution in [2.24, 2.45) is 0 Å². The van der Waals surface area contributed by atoms with Gasteiger partial charge in [-0.2, -0.15) is 0 Å². The van der Waals surface area contributed by atoms with Gasteiger partial charge in [-0.1, -0.05) is 12.1 Å². The molecule has 0 fully saturated rings. The Kier molecular flexibility index (Phi) is 3.27. The summed E-state index contributed by atoms with van der Waals surface area (Å²) in [5.74, 6) is -1.59. The van der Waals surface area contributed by atoms with Crippen molar-refractivity contribution in [2.75, 3.05) is 30.1 Å². The summed E-state index contributed by atoms with van der Waals surface area (Å²) >= 11 is 0. The maximum absolute atomic E-state index is 13.7. The smallest absolute Gasteiger partial charge is 0.263 e. The monoisotopic (exact) mass is 254 g/mol. The van der Waals surface area contributed by atoms with Crippen LogP contribution in [0.2, 0.25) is 0 Å². The lowest BCUT2D eigenvalue weighted by Crippen LogP contribution is -2.40. The van der Waals surface area contributed by atoms with E-state index in [1.165, 1.54) is 7.05 Å². The van der Waals surface area contributed by atoms with Crippen molar-refractivity contribution in [2.45, 2.75) is 6.17 Å². The number of alkyl halides is 2. The van der Waals surface area contributed by atoms with E-state index < -0.39 is 31.2 Å². The zero-order chi connectivity index (χ0) is 13.3. The second kappa shape index (κ2) is 4.72. The summed E-state index contributed by atoms with van der Waals surface area (Å²) in [6.45, 7) is -1.68. The van der Waals surface area contributed by atoms with Crippen molar-refractivity contribution >= 4 is 23.2 Å². The number of hydrogen-bond acceptors (Lipinski definition) is 2. The Morgan fingerprint density at radius 3 is 2.61 bits per heavy atom. The second-order valence-corrected chi connectivity index (χ2v) is 3.99. The van der Waals surface area contributed by atoms with Crippen molar-refractivity contribution < 1.29 is 18.4 Å². The molecular formula is C12H12F2N2O2. The molecule has 2 amide bonds. The largest absolute Gasteiger partial charge is 0.311 e. The van der Waals surface area contributed by atoms with Gasteiger partial charge in [0.2, 0.25) is 0 Å². The Balaban J connectivity index is 2.54. The number of nitrogens with zero attached hydrogens (tertiary/aromatic N) is 2. The molecule has 1 aliphatic heterocycles. The van der Waals surface area contributed by atoms with Gasteiger partial charge in [-0.15, -0.1) is 0 Å². The van der Waals surface area contributed by atoms with E-state index in [0.29, 0.717) is 11.4 Å². The fourth-order valence-electron chi connectivity index (χ4n) is 1.95. The summed E-state index contributed by atoms with van der Waals surface area (Å²) in [6, 6.07) is 6.46. The van der Waals surface area contributed by atoms with E-state index >= 15 is 0 Å². The van der Waals surface area contributed by atoms with E-state index in [1.807, 2.05) is 0 Å². The molecule has 1 aromatic carbocycles. The Morgan fingerprint density at radius 2 is 2.00 bits per heavy atom. The number of fused-ring (bicyclic) bond motifs is 1. The normalized spacial score (nSPS) is 19.5. The summed E-state index contributed by atoms with van der Waals surface area (Å²) < 4.78 is 26.2. The lowest BCUT2D eigenvalue weighted by Gasteiger charge is -2.22. The molecule has 0 spiro atoms. The molecule has 0 saturated carbocycles. The van der Waals surface area contributed by atoms with Gasteiger partial charge in [-0.05, 0) is 12.1 Å². The van der Waals surface area contributed by atoms with E-state index in [0.717, 1.165) is 9.80 Å². The molecule has 0 aliphatic carbocycles. The first-order valence-electron chi connectivity index (χ1n) is 5.43. The second-order valence-electron chi connectivity index (χ2n) is 3.99. The van der Waals surface area contributed by atoms with Crippen LogP contribution in [0.3, 0.4) is 0 Å². The maximum Gasteiger partial charge on any atom is 0.263 e. The summed E-state index contributed by atoms with van der Waals surface area (Å²) in [4.78, 5) is 25.3. The Hall–Kier alpha value is -1.98. The minimum atomic E-state index is -1.85. The number of carbonyl (C=O) groups excluding carboxylic acids is 2. The van der Waals surface area contributed by atoms with Gasteiger partial charge < -0.3 is 9.80 Å². The Morgan fingerprint density at radius 1 is 1.39 bits per heavy atom. The predicted octanol–water partition coefficient (Wildman–Crippen LogP) is 1.30. The maximum atomic E-state index is 13.7. The highest BCUT2D eigenvalue weighted by Gasteiger charge is 2.33. The lowest BCUT2D eigenvalue weighted by molar-refractivity contribution is -0.123. The number of hydrogen-bond donors (Lipinski definition) is 0. The lowest BCUT2D eigenvalue weighted by atomic mass is 10.2. The first-order valence-corrected chi connectivity index (χ1v) is 5.43. The van der Waals surface area contributed by atoms with Gasteiger partial charge in [0.05, 0.1) is 17.9 Å². The Bertz CT molecular complexity index is 493. The highest BCUT2D eigenvalue weighted by molar-refractivity contribution is 6.06. The molecule has 96 valence electrons. The van der Waals surface area contributed by atoms with Gasteiger partial charge in [-0.3, -0.25) is 9.59 Å². The third-order valence-electron chi connectivity index (χ3n) is 2.89. The number of anilines is 2. The molecule has 4 nitrogen and oxygen atoms in total. The number of amides is 2. The first kappa shape index (κ1) is 12.5. The highest BCUT2D eigenvalue weighted by Crippen LogP contribution is 2.32. The third kappa shape index (κ3) is 1.94. The topological polar surface area (TPSA) is 40.6 Å². The van der Waals surface area contributed by atoms with Crippen LogP contribution < -0.4 is 9.80 Å². The number of benzene rings is 1. The average molecular weight is 254 g/mol. The minimum absolute atomic E-state index is 0.344. The van der Waals surface area contributed by atoms with Gasteiger partial charge in [0.1, 0.15) is 0 Å². The molecule has 1 heterocycles. The molecule has 18 heavy (non-hydrogen) atoms. The average Bonchev–Trinajstić information content (AvgIpc) is 2.49. The fraction of sp³-hybridized carbons (Fsp3) is 0.333. The van der Waals surface area contributed by atoms with Gasteiger partial charge in [0.25, 0.3) is 11.8 Å². The number of halogens is 2. The SMILES string of the molecule is CN1C(=O)[C@@H](F)CN(C(=O)CF)c2ccccc21. The van der Waals surface area contributed by atoms with Crippen molar-refractivity contribution in [1.29, 1.82) is 0 Å². The summed E-state index contributed by atoms with van der Waals surface area (Å²) in [6.07, 6.45) is -1.85. The van der Waals surface area contributed by atoms with Crippen LogP contribution in [0.25, 0.3) is 0 Å². The standard InChI is InChI=1S/C12H12F2N2O2/c1-15-9-4-2-3-5-10(9)16(11(17)6-13)7-8(14)12(15)18/h2-5,8H,6-7H2,1H3/t8-/m0/s1. The van der Waals surface area contributed by atoms with Crippen LogP contribution in [0.5, 0.6) is 0 Å². The van der Waals surface area contributed by atoms with Crippen LogP contribution in [0, 0.1) is 0 Å². The summed E-state index contributed by atoms with van der Waals surface area (Å²) in [7, 11) is 1.43. The van der Waals surface area contributed by atoms with Crippen LogP contribution in [-0.4, -0.2) is 38.3 Å². The fourth-order valence-corrected chi connectivity index (χ4v) is 1.95. The van der Waals surface area contributed by atoms with E-state index in [-0.39, 0.29) is 0 Å². The van der Waals surface area contributed by atoms with Crippen molar-refractivity contribution in [3.63, 3.8) is 0 Å². The van der Waals surface area contributed by atoms with E-state index in [9.17, 15) is 18.4 Å². The number of carbonyl (C=O) groups is 2. The minimum Gasteiger partial charge on any atom is -0.311 e. The van der Waals surface area contributed by atoms with Gasteiger partial charge >= 0.3 is 0 Å². The van der Waals surface area contributed by atoms with Gasteiger partial charge in [-0.25, -0.2) is 8.78 Å². The van der Waals surface area contributed by atoms with Crippen LogP contribution in [0.15, 0.2) is 24.3 Å². The van der Waals surface area contributed by atoms with E-state index in [4.69, 9.17) is 0 Å². The van der Waals surface area contributed by atoms with Gasteiger partial charge in [0, 0.05) is 7.05 Å². The van der Waals surface area contributed by atoms with Crippen LogP contribution >= 0.6 is 0 Å². The van der Waals surface area contributed by atoms with Gasteiger partial charge in [0.15, 0.2) is 12.8 Å². The van der Waals surface area contributed by atoms with Crippen molar-refractivity contribution in [1.82, 2.24) is 0 Å². The third-order valence-corrected chi connectivity index (χ3v) is 2.89.